The summed E-state index contributed by atoms with van der Waals surface area (Å²) in [5, 5.41) is 0. The molecule has 1 saturated carbocycles. The predicted octanol–water partition coefficient (Wildman–Crippen LogP) is 4.66. The molecular formula is C18H28O2. The third kappa shape index (κ3) is 3.53. The Morgan fingerprint density at radius 1 is 1.40 bits per heavy atom. The summed E-state index contributed by atoms with van der Waals surface area (Å²) in [6.07, 6.45) is 10.5. The molecule has 0 bridgehead atoms. The number of fused-ring (bicyclic) bond motifs is 1. The smallest absolute Gasteiger partial charge is 0.302 e. The van der Waals surface area contributed by atoms with Crippen LogP contribution in [-0.4, -0.2) is 12.6 Å². The van der Waals surface area contributed by atoms with Gasteiger partial charge in [0.15, 0.2) is 0 Å². The van der Waals surface area contributed by atoms with Crippen LogP contribution in [0.5, 0.6) is 0 Å². The highest BCUT2D eigenvalue weighted by Crippen LogP contribution is 2.56. The van der Waals surface area contributed by atoms with Crippen LogP contribution in [-0.2, 0) is 9.53 Å². The summed E-state index contributed by atoms with van der Waals surface area (Å²) >= 11 is 0. The molecule has 2 nitrogen and oxygen atoms in total. The summed E-state index contributed by atoms with van der Waals surface area (Å²) in [6, 6.07) is 0. The SMILES string of the molecule is CC(=O)OCCC1=CCC=C(C)CCC2C1CC2(C)C. The van der Waals surface area contributed by atoms with E-state index in [1.54, 1.807) is 0 Å². The second-order valence-electron chi connectivity index (χ2n) is 7.10. The van der Waals surface area contributed by atoms with Crippen molar-refractivity contribution in [1.82, 2.24) is 0 Å². The zero-order valence-electron chi connectivity index (χ0n) is 13.4. The molecule has 0 amide bonds. The van der Waals surface area contributed by atoms with Crippen LogP contribution < -0.4 is 0 Å². The number of carbonyl (C=O) groups excluding carboxylic acids is 1. The Balaban J connectivity index is 2.06. The second kappa shape index (κ2) is 6.15. The van der Waals surface area contributed by atoms with Gasteiger partial charge in [0.2, 0.25) is 0 Å². The minimum Gasteiger partial charge on any atom is -0.466 e. The van der Waals surface area contributed by atoms with Crippen LogP contribution in [0.25, 0.3) is 0 Å². The maximum atomic E-state index is 10.9. The minimum absolute atomic E-state index is 0.171. The summed E-state index contributed by atoms with van der Waals surface area (Å²) in [5.74, 6) is 1.32. The first-order valence-electron chi connectivity index (χ1n) is 7.88. The predicted molar refractivity (Wildman–Crippen MR) is 82.3 cm³/mol. The van der Waals surface area contributed by atoms with Gasteiger partial charge in [0.1, 0.15) is 0 Å². The Bertz CT molecular complexity index is 429. The number of hydrogen-bond donors (Lipinski definition) is 0. The van der Waals surface area contributed by atoms with Crippen LogP contribution >= 0.6 is 0 Å². The lowest BCUT2D eigenvalue weighted by atomic mass is 9.52. The van der Waals surface area contributed by atoms with E-state index in [9.17, 15) is 4.79 Å². The minimum atomic E-state index is -0.171. The van der Waals surface area contributed by atoms with Gasteiger partial charge in [-0.05, 0) is 49.9 Å². The van der Waals surface area contributed by atoms with Crippen LogP contribution in [0.3, 0.4) is 0 Å². The molecule has 0 aromatic rings. The average molecular weight is 276 g/mol. The lowest BCUT2D eigenvalue weighted by molar-refractivity contribution is -0.140. The molecular weight excluding hydrogens is 248 g/mol. The molecule has 0 aromatic heterocycles. The van der Waals surface area contributed by atoms with E-state index in [-0.39, 0.29) is 5.97 Å². The van der Waals surface area contributed by atoms with Gasteiger partial charge in [-0.1, -0.05) is 37.1 Å². The molecule has 0 N–H and O–H groups in total. The lowest BCUT2D eigenvalue weighted by Gasteiger charge is -2.53. The van der Waals surface area contributed by atoms with Crippen molar-refractivity contribution in [2.24, 2.45) is 17.3 Å². The van der Waals surface area contributed by atoms with Crippen molar-refractivity contribution in [2.45, 2.75) is 59.8 Å². The molecule has 2 atom stereocenters. The highest BCUT2D eigenvalue weighted by molar-refractivity contribution is 5.65. The van der Waals surface area contributed by atoms with Crippen LogP contribution in [0.4, 0.5) is 0 Å². The first-order valence-corrected chi connectivity index (χ1v) is 7.88. The first-order chi connectivity index (χ1) is 9.40. The zero-order chi connectivity index (χ0) is 14.8. The Labute approximate surface area is 123 Å². The highest BCUT2D eigenvalue weighted by Gasteiger charge is 2.47. The molecule has 0 spiro atoms. The van der Waals surface area contributed by atoms with Crippen LogP contribution in [0, 0.1) is 17.3 Å². The third-order valence-corrected chi connectivity index (χ3v) is 5.10. The van der Waals surface area contributed by atoms with Crippen molar-refractivity contribution in [1.29, 1.82) is 0 Å². The quantitative estimate of drug-likeness (QED) is 0.553. The zero-order valence-corrected chi connectivity index (χ0v) is 13.4. The van der Waals surface area contributed by atoms with E-state index in [1.165, 1.54) is 37.3 Å². The van der Waals surface area contributed by atoms with Gasteiger partial charge >= 0.3 is 5.97 Å². The Hall–Kier alpha value is -1.05. The number of esters is 1. The molecule has 20 heavy (non-hydrogen) atoms. The van der Waals surface area contributed by atoms with Gasteiger partial charge in [-0.3, -0.25) is 4.79 Å². The number of ether oxygens (including phenoxy) is 1. The van der Waals surface area contributed by atoms with Crippen molar-refractivity contribution >= 4 is 5.97 Å². The summed E-state index contributed by atoms with van der Waals surface area (Å²) in [4.78, 5) is 10.9. The molecule has 0 radical (unpaired) electrons. The molecule has 2 heteroatoms. The standard InChI is InChI=1S/C18H28O2/c1-13-6-5-7-15(10-11-20-14(2)19)16-12-18(3,4)17(16)9-8-13/h6-7,16-17H,5,8-12H2,1-4H3. The summed E-state index contributed by atoms with van der Waals surface area (Å²) in [6.45, 7) is 9.06. The summed E-state index contributed by atoms with van der Waals surface area (Å²) in [7, 11) is 0. The van der Waals surface area contributed by atoms with E-state index < -0.39 is 0 Å². The molecule has 112 valence electrons. The van der Waals surface area contributed by atoms with E-state index in [0.717, 1.165) is 18.8 Å². The van der Waals surface area contributed by atoms with Crippen LogP contribution in [0.1, 0.15) is 59.8 Å². The molecule has 0 aliphatic heterocycles. The molecule has 0 heterocycles. The molecule has 2 aliphatic rings. The van der Waals surface area contributed by atoms with Gasteiger partial charge in [-0.15, -0.1) is 0 Å². The largest absolute Gasteiger partial charge is 0.466 e. The number of carbonyl (C=O) groups is 1. The lowest BCUT2D eigenvalue weighted by Crippen LogP contribution is -2.44. The number of hydrogen-bond acceptors (Lipinski definition) is 2. The average Bonchev–Trinajstić information content (AvgIpc) is 2.39. The first kappa shape index (κ1) is 15.3. The Kier molecular flexibility index (Phi) is 4.72. The van der Waals surface area contributed by atoms with Crippen molar-refractivity contribution < 1.29 is 9.53 Å². The second-order valence-corrected chi connectivity index (χ2v) is 7.10. The van der Waals surface area contributed by atoms with E-state index in [2.05, 4.69) is 32.9 Å². The van der Waals surface area contributed by atoms with E-state index in [1.807, 2.05) is 0 Å². The van der Waals surface area contributed by atoms with Gasteiger partial charge in [0, 0.05) is 13.3 Å². The highest BCUT2D eigenvalue weighted by atomic mass is 16.5. The Morgan fingerprint density at radius 3 is 2.80 bits per heavy atom. The van der Waals surface area contributed by atoms with Crippen molar-refractivity contribution in [3.63, 3.8) is 0 Å². The van der Waals surface area contributed by atoms with Gasteiger partial charge < -0.3 is 4.74 Å². The van der Waals surface area contributed by atoms with E-state index in [4.69, 9.17) is 4.74 Å². The monoisotopic (exact) mass is 276 g/mol. The van der Waals surface area contributed by atoms with Gasteiger partial charge in [0.05, 0.1) is 6.61 Å². The normalized spacial score (nSPS) is 28.8. The van der Waals surface area contributed by atoms with Crippen molar-refractivity contribution in [3.8, 4) is 0 Å². The fourth-order valence-electron chi connectivity index (χ4n) is 3.87. The maximum Gasteiger partial charge on any atom is 0.302 e. The topological polar surface area (TPSA) is 26.3 Å². The fourth-order valence-corrected chi connectivity index (χ4v) is 3.87. The molecule has 2 aliphatic carbocycles. The molecule has 0 aromatic carbocycles. The molecule has 1 fully saturated rings. The van der Waals surface area contributed by atoms with Crippen molar-refractivity contribution in [3.05, 3.63) is 23.3 Å². The van der Waals surface area contributed by atoms with E-state index in [0.29, 0.717) is 17.9 Å². The molecule has 0 saturated heterocycles. The Morgan fingerprint density at radius 2 is 2.15 bits per heavy atom. The summed E-state index contributed by atoms with van der Waals surface area (Å²) < 4.78 is 5.13. The fraction of sp³-hybridized carbons (Fsp3) is 0.722. The molecule has 2 rings (SSSR count). The van der Waals surface area contributed by atoms with Crippen LogP contribution in [0.15, 0.2) is 23.3 Å². The third-order valence-electron chi connectivity index (χ3n) is 5.10. The van der Waals surface area contributed by atoms with Gasteiger partial charge in [-0.2, -0.15) is 0 Å². The van der Waals surface area contributed by atoms with Crippen molar-refractivity contribution in [2.75, 3.05) is 6.61 Å². The summed E-state index contributed by atoms with van der Waals surface area (Å²) in [5.41, 5.74) is 3.50. The maximum absolute atomic E-state index is 10.9. The van der Waals surface area contributed by atoms with Crippen LogP contribution in [0.2, 0.25) is 0 Å². The number of allylic oxidation sites excluding steroid dienone is 3. The number of rotatable bonds is 3. The van der Waals surface area contributed by atoms with Gasteiger partial charge in [-0.25, -0.2) is 0 Å². The molecule has 2 unspecified atom stereocenters. The van der Waals surface area contributed by atoms with E-state index >= 15 is 0 Å². The van der Waals surface area contributed by atoms with Gasteiger partial charge in [0.25, 0.3) is 0 Å².